The minimum absolute atomic E-state index is 0.0554. The number of halogens is 1. The number of rotatable bonds is 5. The van der Waals surface area contributed by atoms with E-state index in [0.29, 0.717) is 25.2 Å². The van der Waals surface area contributed by atoms with Gasteiger partial charge in [0.25, 0.3) is 6.47 Å². The van der Waals surface area contributed by atoms with Gasteiger partial charge in [-0.15, -0.1) is 0 Å². The van der Waals surface area contributed by atoms with Crippen molar-refractivity contribution in [1.82, 2.24) is 9.21 Å². The number of nitrogens with zero attached hydrogens (tertiary/aromatic N) is 2. The molecule has 1 aliphatic heterocycles. The van der Waals surface area contributed by atoms with Gasteiger partial charge in [-0.3, -0.25) is 9.69 Å². The molecular weight excluding hydrogens is 351 g/mol. The zero-order chi connectivity index (χ0) is 19.2. The Bertz CT molecular complexity index is 681. The molecule has 0 bridgehead atoms. The predicted molar refractivity (Wildman–Crippen MR) is 92.1 cm³/mol. The molecule has 0 spiro atoms. The third kappa shape index (κ3) is 6.35. The fourth-order valence-electron chi connectivity index (χ4n) is 2.72. The summed E-state index contributed by atoms with van der Waals surface area (Å²) in [4.78, 5) is 10.4. The van der Waals surface area contributed by atoms with Gasteiger partial charge in [0.2, 0.25) is 10.0 Å². The van der Waals surface area contributed by atoms with E-state index < -0.39 is 16.1 Å². The van der Waals surface area contributed by atoms with Gasteiger partial charge in [0.1, 0.15) is 5.82 Å². The van der Waals surface area contributed by atoms with Crippen LogP contribution in [0.3, 0.4) is 0 Å². The summed E-state index contributed by atoms with van der Waals surface area (Å²) >= 11 is 0. The van der Waals surface area contributed by atoms with E-state index in [9.17, 15) is 17.9 Å². The third-order valence-electron chi connectivity index (χ3n) is 4.09. The number of carboxylic acid groups (broad SMARTS) is 1. The molecule has 0 unspecified atom stereocenters. The van der Waals surface area contributed by atoms with Crippen LogP contribution in [0.4, 0.5) is 4.39 Å². The largest absolute Gasteiger partial charge is 0.483 e. The number of likely N-dealkylation sites (tertiary alicyclic amines) is 1. The van der Waals surface area contributed by atoms with Crippen molar-refractivity contribution in [1.29, 1.82) is 0 Å². The lowest BCUT2D eigenvalue weighted by molar-refractivity contribution is -0.122. The summed E-state index contributed by atoms with van der Waals surface area (Å²) in [5, 5.41) is 17.0. The molecular formula is C16H25FN2O5S. The molecule has 0 saturated carbocycles. The highest BCUT2D eigenvalue weighted by molar-refractivity contribution is 7.89. The van der Waals surface area contributed by atoms with Gasteiger partial charge in [0.15, 0.2) is 0 Å². The second-order valence-corrected chi connectivity index (χ2v) is 8.50. The standard InChI is InChI=1S/C15H23FN2O3S.CH2O2/c1-11-6-12(4-5-14(11)16)7-18-8-13(15(19)9-18)10-22(20,21)17(2)3;2-1-3/h4-6,13,15,19H,7-10H2,1-3H3;1H,(H,2,3)/t13-,15-;/m0./s1. The van der Waals surface area contributed by atoms with Crippen molar-refractivity contribution in [2.24, 2.45) is 5.92 Å². The quantitative estimate of drug-likeness (QED) is 0.727. The van der Waals surface area contributed by atoms with Gasteiger partial charge < -0.3 is 10.2 Å². The monoisotopic (exact) mass is 376 g/mol. The number of hydrogen-bond acceptors (Lipinski definition) is 5. The number of benzene rings is 1. The van der Waals surface area contributed by atoms with Gasteiger partial charge in [-0.1, -0.05) is 12.1 Å². The van der Waals surface area contributed by atoms with Crippen molar-refractivity contribution in [2.75, 3.05) is 32.9 Å². The Labute approximate surface area is 147 Å². The van der Waals surface area contributed by atoms with E-state index in [2.05, 4.69) is 0 Å². The molecule has 2 N–H and O–H groups in total. The first-order chi connectivity index (χ1) is 11.6. The van der Waals surface area contributed by atoms with Crippen molar-refractivity contribution in [2.45, 2.75) is 19.6 Å². The molecule has 0 aromatic heterocycles. The van der Waals surface area contributed by atoms with Crippen LogP contribution in [0.15, 0.2) is 18.2 Å². The van der Waals surface area contributed by atoms with Crippen LogP contribution in [-0.2, 0) is 21.4 Å². The molecule has 1 saturated heterocycles. The molecule has 1 fully saturated rings. The number of aliphatic hydroxyl groups excluding tert-OH is 1. The van der Waals surface area contributed by atoms with Crippen molar-refractivity contribution < 1.29 is 27.8 Å². The first-order valence-corrected chi connectivity index (χ1v) is 9.35. The molecule has 1 aromatic rings. The molecule has 9 heteroatoms. The molecule has 25 heavy (non-hydrogen) atoms. The van der Waals surface area contributed by atoms with Crippen LogP contribution in [0.25, 0.3) is 0 Å². The lowest BCUT2D eigenvalue weighted by Gasteiger charge is -2.18. The first kappa shape index (κ1) is 21.5. The number of carbonyl (C=O) groups is 1. The van der Waals surface area contributed by atoms with Crippen molar-refractivity contribution >= 4 is 16.5 Å². The predicted octanol–water partition coefficient (Wildman–Crippen LogP) is 0.519. The molecule has 0 amide bonds. The van der Waals surface area contributed by atoms with Crippen LogP contribution >= 0.6 is 0 Å². The molecule has 2 atom stereocenters. The van der Waals surface area contributed by atoms with E-state index in [1.54, 1.807) is 19.1 Å². The molecule has 7 nitrogen and oxygen atoms in total. The fourth-order valence-corrected chi connectivity index (χ4v) is 3.88. The van der Waals surface area contributed by atoms with Gasteiger partial charge in [-0.25, -0.2) is 17.1 Å². The van der Waals surface area contributed by atoms with Crippen molar-refractivity contribution in [3.05, 3.63) is 35.1 Å². The SMILES string of the molecule is Cc1cc(CN2C[C@@H](CS(=O)(=O)N(C)C)[C@@H](O)C2)ccc1F.O=CO. The van der Waals surface area contributed by atoms with Crippen molar-refractivity contribution in [3.63, 3.8) is 0 Å². The van der Waals surface area contributed by atoms with E-state index >= 15 is 0 Å². The fraction of sp³-hybridized carbons (Fsp3) is 0.562. The summed E-state index contributed by atoms with van der Waals surface area (Å²) in [6.07, 6.45) is -0.656. The van der Waals surface area contributed by atoms with Crippen molar-refractivity contribution in [3.8, 4) is 0 Å². The molecule has 142 valence electrons. The minimum atomic E-state index is -3.33. The second kappa shape index (κ2) is 9.23. The summed E-state index contributed by atoms with van der Waals surface area (Å²) in [7, 11) is -0.335. The molecule has 1 aliphatic rings. The highest BCUT2D eigenvalue weighted by Crippen LogP contribution is 2.22. The van der Waals surface area contributed by atoms with E-state index in [0.717, 1.165) is 5.56 Å². The Balaban J connectivity index is 0.000000970. The van der Waals surface area contributed by atoms with Gasteiger partial charge in [-0.2, -0.15) is 0 Å². The maximum absolute atomic E-state index is 13.3. The maximum atomic E-state index is 13.3. The van der Waals surface area contributed by atoms with Crippen LogP contribution in [0.2, 0.25) is 0 Å². The average molecular weight is 376 g/mol. The minimum Gasteiger partial charge on any atom is -0.483 e. The first-order valence-electron chi connectivity index (χ1n) is 7.74. The lowest BCUT2D eigenvalue weighted by atomic mass is 10.1. The Morgan fingerprint density at radius 1 is 1.36 bits per heavy atom. The number of hydrogen-bond donors (Lipinski definition) is 2. The Hall–Kier alpha value is -1.55. The molecule has 0 aliphatic carbocycles. The average Bonchev–Trinajstić information content (AvgIpc) is 2.83. The van der Waals surface area contributed by atoms with Crippen LogP contribution in [0, 0.1) is 18.7 Å². The summed E-state index contributed by atoms with van der Waals surface area (Å²) in [6, 6.07) is 4.94. The van der Waals surface area contributed by atoms with E-state index in [4.69, 9.17) is 9.90 Å². The van der Waals surface area contributed by atoms with E-state index in [1.165, 1.54) is 24.5 Å². The van der Waals surface area contributed by atoms with E-state index in [-0.39, 0.29) is 24.0 Å². The number of β-amino-alcohol motifs (C(OH)–C–C–N with tert-alkyl or cyclic N) is 1. The number of aliphatic hydroxyl groups is 1. The Morgan fingerprint density at radius 3 is 2.48 bits per heavy atom. The van der Waals surface area contributed by atoms with Gasteiger partial charge >= 0.3 is 0 Å². The number of sulfonamides is 1. The summed E-state index contributed by atoms with van der Waals surface area (Å²) < 4.78 is 38.3. The van der Waals surface area contributed by atoms with Crippen LogP contribution in [-0.4, -0.2) is 73.3 Å². The number of aryl methyl sites for hydroxylation is 1. The summed E-state index contributed by atoms with van der Waals surface area (Å²) in [5.74, 6) is -0.589. The molecule has 1 heterocycles. The van der Waals surface area contributed by atoms with Crippen LogP contribution < -0.4 is 0 Å². The second-order valence-electron chi connectivity index (χ2n) is 6.27. The van der Waals surface area contributed by atoms with Gasteiger partial charge in [0, 0.05) is 39.6 Å². The van der Waals surface area contributed by atoms with Gasteiger partial charge in [0.05, 0.1) is 11.9 Å². The summed E-state index contributed by atoms with van der Waals surface area (Å²) in [5.41, 5.74) is 1.55. The zero-order valence-corrected chi connectivity index (χ0v) is 15.4. The molecule has 1 aromatic carbocycles. The lowest BCUT2D eigenvalue weighted by Crippen LogP contribution is -2.33. The Morgan fingerprint density at radius 2 is 1.96 bits per heavy atom. The highest BCUT2D eigenvalue weighted by atomic mass is 32.2. The van der Waals surface area contributed by atoms with E-state index in [1.807, 2.05) is 4.90 Å². The van der Waals surface area contributed by atoms with Crippen LogP contribution in [0.5, 0.6) is 0 Å². The zero-order valence-electron chi connectivity index (χ0n) is 14.6. The molecule has 0 radical (unpaired) electrons. The smallest absolute Gasteiger partial charge is 0.290 e. The third-order valence-corrected chi connectivity index (χ3v) is 6.05. The highest BCUT2D eigenvalue weighted by Gasteiger charge is 2.35. The summed E-state index contributed by atoms with van der Waals surface area (Å²) in [6.45, 7) is 3.00. The molecule has 2 rings (SSSR count). The van der Waals surface area contributed by atoms with Gasteiger partial charge in [-0.05, 0) is 24.1 Å². The Kier molecular flexibility index (Phi) is 7.94. The topological polar surface area (TPSA) is 98.2 Å². The normalized spacial score (nSPS) is 21.0. The maximum Gasteiger partial charge on any atom is 0.290 e. The van der Waals surface area contributed by atoms with Crippen LogP contribution in [0.1, 0.15) is 11.1 Å².